The van der Waals surface area contributed by atoms with Gasteiger partial charge in [-0.25, -0.2) is 27.9 Å². The number of pyridine rings is 1. The van der Waals surface area contributed by atoms with E-state index in [1.165, 1.54) is 24.3 Å². The summed E-state index contributed by atoms with van der Waals surface area (Å²) < 4.78 is 47.9. The van der Waals surface area contributed by atoms with Crippen molar-refractivity contribution in [2.24, 2.45) is 0 Å². The van der Waals surface area contributed by atoms with E-state index in [9.17, 15) is 22.8 Å². The number of alkyl halides is 2. The zero-order chi connectivity index (χ0) is 24.9. The highest BCUT2D eigenvalue weighted by Gasteiger charge is 2.42. The average molecular weight is 485 g/mol. The van der Waals surface area contributed by atoms with Gasteiger partial charge in [0, 0.05) is 24.4 Å². The van der Waals surface area contributed by atoms with Gasteiger partial charge >= 0.3 is 6.09 Å². The summed E-state index contributed by atoms with van der Waals surface area (Å²) in [5.74, 6) is -0.359. The fourth-order valence-corrected chi connectivity index (χ4v) is 4.74. The summed E-state index contributed by atoms with van der Waals surface area (Å²) in [5, 5.41) is 3.55. The standard InChI is InChI=1S/C24H22F3N5O3/c1-3-18(15-5-4-6-16(21(15)25)22(26)27)30-23-17-10-31(20(33)8-19(17)28-12(2)29-23)13-7-14-11-35-24(34)32(14)9-13/h3-6,8,10,13-14,18,22H,1,7,9,11H2,2H3,(H,28,29,30)/t13-,14-,18-/m1/s1. The van der Waals surface area contributed by atoms with Crippen molar-refractivity contribution >= 4 is 22.8 Å². The van der Waals surface area contributed by atoms with E-state index in [1.807, 2.05) is 0 Å². The molecule has 0 spiro atoms. The smallest absolute Gasteiger partial charge is 0.410 e. The number of halogens is 3. The lowest BCUT2D eigenvalue weighted by Crippen LogP contribution is -2.29. The fourth-order valence-electron chi connectivity index (χ4n) is 4.74. The number of amides is 1. The number of anilines is 1. The average Bonchev–Trinajstić information content (AvgIpc) is 3.38. The number of cyclic esters (lactones) is 1. The molecule has 2 aliphatic rings. The van der Waals surface area contributed by atoms with Gasteiger partial charge in [-0.15, -0.1) is 6.58 Å². The van der Waals surface area contributed by atoms with Crippen LogP contribution in [0.25, 0.3) is 10.9 Å². The third kappa shape index (κ3) is 4.00. The number of carbonyl (C=O) groups is 1. The number of carbonyl (C=O) groups excluding carboxylic acids is 1. The van der Waals surface area contributed by atoms with Crippen molar-refractivity contribution in [3.63, 3.8) is 0 Å². The van der Waals surface area contributed by atoms with Crippen LogP contribution in [0.1, 0.15) is 41.9 Å². The zero-order valence-corrected chi connectivity index (χ0v) is 18.7. The predicted octanol–water partition coefficient (Wildman–Crippen LogP) is 4.28. The normalized spacial score (nSPS) is 20.3. The van der Waals surface area contributed by atoms with Gasteiger partial charge in [0.1, 0.15) is 24.1 Å². The molecule has 182 valence electrons. The van der Waals surface area contributed by atoms with Gasteiger partial charge in [-0.3, -0.25) is 9.69 Å². The number of nitrogens with zero attached hydrogens (tertiary/aromatic N) is 4. The lowest BCUT2D eigenvalue weighted by molar-refractivity contribution is 0.146. The predicted molar refractivity (Wildman–Crippen MR) is 122 cm³/mol. The van der Waals surface area contributed by atoms with Crippen molar-refractivity contribution < 1.29 is 22.7 Å². The summed E-state index contributed by atoms with van der Waals surface area (Å²) in [7, 11) is 0. The molecule has 35 heavy (non-hydrogen) atoms. The molecule has 3 aromatic rings. The van der Waals surface area contributed by atoms with Gasteiger partial charge in [-0.2, -0.15) is 0 Å². The highest BCUT2D eigenvalue weighted by Crippen LogP contribution is 2.33. The van der Waals surface area contributed by atoms with Crippen LogP contribution in [0.3, 0.4) is 0 Å². The van der Waals surface area contributed by atoms with Crippen LogP contribution in [0.15, 0.2) is 47.9 Å². The summed E-state index contributed by atoms with van der Waals surface area (Å²) in [6.45, 7) is 6.00. The Morgan fingerprint density at radius 2 is 2.00 bits per heavy atom. The monoisotopic (exact) mass is 485 g/mol. The Morgan fingerprint density at radius 3 is 2.71 bits per heavy atom. The number of fused-ring (bicyclic) bond motifs is 2. The largest absolute Gasteiger partial charge is 0.447 e. The Morgan fingerprint density at radius 1 is 1.23 bits per heavy atom. The van der Waals surface area contributed by atoms with E-state index in [-0.39, 0.29) is 29.8 Å². The van der Waals surface area contributed by atoms with Crippen LogP contribution in [-0.2, 0) is 4.74 Å². The van der Waals surface area contributed by atoms with Gasteiger partial charge in [-0.1, -0.05) is 24.3 Å². The Hall–Kier alpha value is -3.89. The molecule has 0 bridgehead atoms. The number of aromatic nitrogens is 3. The molecule has 0 radical (unpaired) electrons. The van der Waals surface area contributed by atoms with E-state index >= 15 is 0 Å². The zero-order valence-electron chi connectivity index (χ0n) is 18.7. The van der Waals surface area contributed by atoms with Crippen molar-refractivity contribution in [1.29, 1.82) is 0 Å². The molecule has 0 saturated carbocycles. The summed E-state index contributed by atoms with van der Waals surface area (Å²) >= 11 is 0. The Labute approximate surface area is 198 Å². The van der Waals surface area contributed by atoms with Crippen molar-refractivity contribution in [3.8, 4) is 0 Å². The van der Waals surface area contributed by atoms with Crippen LogP contribution in [0, 0.1) is 12.7 Å². The molecule has 2 aromatic heterocycles. The number of ether oxygens (including phenoxy) is 1. The van der Waals surface area contributed by atoms with E-state index in [0.717, 1.165) is 6.07 Å². The van der Waals surface area contributed by atoms with Gasteiger partial charge in [0.25, 0.3) is 12.0 Å². The lowest BCUT2D eigenvalue weighted by atomic mass is 10.0. The van der Waals surface area contributed by atoms with Gasteiger partial charge in [0.05, 0.1) is 34.6 Å². The molecule has 1 amide bonds. The minimum Gasteiger partial charge on any atom is -0.447 e. The number of hydrogen-bond acceptors (Lipinski definition) is 6. The van der Waals surface area contributed by atoms with Crippen molar-refractivity contribution in [2.75, 3.05) is 18.5 Å². The molecule has 1 aromatic carbocycles. The van der Waals surface area contributed by atoms with Crippen molar-refractivity contribution in [3.05, 3.63) is 76.2 Å². The Balaban J connectivity index is 1.54. The molecule has 1 N–H and O–H groups in total. The van der Waals surface area contributed by atoms with E-state index in [1.54, 1.807) is 22.6 Å². The van der Waals surface area contributed by atoms with E-state index in [0.29, 0.717) is 35.5 Å². The first-order valence-electron chi connectivity index (χ1n) is 11.1. The van der Waals surface area contributed by atoms with E-state index < -0.39 is 29.9 Å². The van der Waals surface area contributed by atoms with Gasteiger partial charge in [0.15, 0.2) is 0 Å². The molecule has 2 saturated heterocycles. The maximum Gasteiger partial charge on any atom is 0.410 e. The Kier molecular flexibility index (Phi) is 5.70. The van der Waals surface area contributed by atoms with Crippen LogP contribution in [0.2, 0.25) is 0 Å². The summed E-state index contributed by atoms with van der Waals surface area (Å²) in [6.07, 6.45) is 0.215. The molecular formula is C24H22F3N5O3. The van der Waals surface area contributed by atoms with E-state index in [4.69, 9.17) is 4.74 Å². The molecule has 2 aliphatic heterocycles. The Bertz CT molecular complexity index is 1390. The lowest BCUT2D eigenvalue weighted by Gasteiger charge is -2.20. The third-order valence-corrected chi connectivity index (χ3v) is 6.45. The van der Waals surface area contributed by atoms with Gasteiger partial charge in [0.2, 0.25) is 0 Å². The molecule has 11 heteroatoms. The van der Waals surface area contributed by atoms with Crippen LogP contribution in [-0.4, -0.2) is 44.7 Å². The second-order valence-corrected chi connectivity index (χ2v) is 8.62. The number of benzene rings is 1. The fraction of sp³-hybridized carbons (Fsp3) is 0.333. The second kappa shape index (κ2) is 8.71. The molecular weight excluding hydrogens is 463 g/mol. The summed E-state index contributed by atoms with van der Waals surface area (Å²) in [4.78, 5) is 35.2. The highest BCUT2D eigenvalue weighted by molar-refractivity contribution is 5.88. The second-order valence-electron chi connectivity index (χ2n) is 8.62. The highest BCUT2D eigenvalue weighted by atomic mass is 19.3. The minimum absolute atomic E-state index is 0.00883. The van der Waals surface area contributed by atoms with Crippen molar-refractivity contribution in [2.45, 2.75) is 37.9 Å². The number of nitrogens with one attached hydrogen (secondary N) is 1. The van der Waals surface area contributed by atoms with Gasteiger partial charge < -0.3 is 14.6 Å². The van der Waals surface area contributed by atoms with Gasteiger partial charge in [-0.05, 0) is 13.3 Å². The van der Waals surface area contributed by atoms with Crippen molar-refractivity contribution in [1.82, 2.24) is 19.4 Å². The summed E-state index contributed by atoms with van der Waals surface area (Å²) in [6, 6.07) is 3.96. The van der Waals surface area contributed by atoms with Crippen LogP contribution in [0.4, 0.5) is 23.8 Å². The SMILES string of the molecule is C=C[C@@H](Nc1nc(C)nc2cc(=O)n([C@@H]3C[C@@H]4COC(=O)N4C3)cc12)c1cccc(C(F)F)c1F. The van der Waals surface area contributed by atoms with Crippen LogP contribution >= 0.6 is 0 Å². The molecule has 2 fully saturated rings. The first-order valence-corrected chi connectivity index (χ1v) is 11.1. The number of aryl methyl sites for hydroxylation is 1. The number of rotatable bonds is 6. The first kappa shape index (κ1) is 22.9. The third-order valence-electron chi connectivity index (χ3n) is 6.45. The molecule has 8 nitrogen and oxygen atoms in total. The van der Waals surface area contributed by atoms with Crippen LogP contribution in [0.5, 0.6) is 0 Å². The van der Waals surface area contributed by atoms with Crippen LogP contribution < -0.4 is 10.9 Å². The number of hydrogen-bond donors (Lipinski definition) is 1. The quantitative estimate of drug-likeness (QED) is 0.525. The molecule has 4 heterocycles. The maximum absolute atomic E-state index is 14.8. The topological polar surface area (TPSA) is 89.4 Å². The van der Waals surface area contributed by atoms with E-state index in [2.05, 4.69) is 21.9 Å². The maximum atomic E-state index is 14.8. The molecule has 3 atom stereocenters. The molecule has 0 aliphatic carbocycles. The first-order chi connectivity index (χ1) is 16.8. The molecule has 0 unspecified atom stereocenters. The summed E-state index contributed by atoms with van der Waals surface area (Å²) in [5.41, 5.74) is -0.611. The minimum atomic E-state index is -2.96. The molecule has 5 rings (SSSR count).